The van der Waals surface area contributed by atoms with Gasteiger partial charge in [-0.25, -0.2) is 4.39 Å². The van der Waals surface area contributed by atoms with E-state index in [0.29, 0.717) is 16.8 Å². The largest absolute Gasteiger partial charge is 0.380 e. The Labute approximate surface area is 100 Å². The molecule has 0 bridgehead atoms. The number of benzene rings is 1. The molecular formula is C12H16ClFN2. The van der Waals surface area contributed by atoms with E-state index < -0.39 is 0 Å². The van der Waals surface area contributed by atoms with E-state index in [2.05, 4.69) is 10.6 Å². The van der Waals surface area contributed by atoms with Crippen molar-refractivity contribution in [3.63, 3.8) is 0 Å². The minimum absolute atomic E-state index is 0.235. The number of halogens is 2. The molecule has 1 heterocycles. The van der Waals surface area contributed by atoms with Gasteiger partial charge in [-0.3, -0.25) is 0 Å². The summed E-state index contributed by atoms with van der Waals surface area (Å²) in [7, 11) is 0. The molecule has 1 aliphatic heterocycles. The summed E-state index contributed by atoms with van der Waals surface area (Å²) in [6.07, 6.45) is 3.21. The number of nitrogens with one attached hydrogen (secondary N) is 2. The topological polar surface area (TPSA) is 24.1 Å². The lowest BCUT2D eigenvalue weighted by molar-refractivity contribution is 0.606. The molecule has 0 amide bonds. The first-order valence-corrected chi connectivity index (χ1v) is 6.06. The van der Waals surface area contributed by atoms with Gasteiger partial charge in [-0.05, 0) is 50.6 Å². The lowest BCUT2D eigenvalue weighted by Crippen LogP contribution is -2.22. The number of anilines is 1. The van der Waals surface area contributed by atoms with Crippen LogP contribution in [0.3, 0.4) is 0 Å². The van der Waals surface area contributed by atoms with Crippen LogP contribution in [0.4, 0.5) is 10.1 Å². The second-order valence-corrected chi connectivity index (χ2v) is 4.58. The molecule has 0 radical (unpaired) electrons. The van der Waals surface area contributed by atoms with Crippen LogP contribution in [0.1, 0.15) is 19.3 Å². The lowest BCUT2D eigenvalue weighted by Gasteiger charge is -2.17. The Bertz CT molecular complexity index is 349. The number of rotatable bonds is 2. The van der Waals surface area contributed by atoms with Crippen molar-refractivity contribution in [3.05, 3.63) is 29.0 Å². The Morgan fingerprint density at radius 1 is 1.31 bits per heavy atom. The Morgan fingerprint density at radius 2 is 2.19 bits per heavy atom. The van der Waals surface area contributed by atoms with Gasteiger partial charge >= 0.3 is 0 Å². The first-order chi connectivity index (χ1) is 7.75. The third-order valence-corrected chi connectivity index (χ3v) is 3.10. The van der Waals surface area contributed by atoms with Crippen LogP contribution in [0, 0.1) is 5.82 Å². The van der Waals surface area contributed by atoms with Gasteiger partial charge in [0, 0.05) is 11.1 Å². The van der Waals surface area contributed by atoms with Crippen LogP contribution >= 0.6 is 11.6 Å². The fourth-order valence-electron chi connectivity index (χ4n) is 1.99. The average Bonchev–Trinajstić information content (AvgIpc) is 2.52. The van der Waals surface area contributed by atoms with Crippen molar-refractivity contribution in [3.8, 4) is 0 Å². The molecule has 1 aromatic carbocycles. The lowest BCUT2D eigenvalue weighted by atomic mass is 10.1. The maximum atomic E-state index is 13.5. The van der Waals surface area contributed by atoms with Crippen LogP contribution in [0.25, 0.3) is 0 Å². The second kappa shape index (κ2) is 5.51. The van der Waals surface area contributed by atoms with E-state index in [4.69, 9.17) is 11.6 Å². The van der Waals surface area contributed by atoms with E-state index >= 15 is 0 Å². The summed E-state index contributed by atoms with van der Waals surface area (Å²) in [6.45, 7) is 2.04. The molecule has 2 nitrogen and oxygen atoms in total. The van der Waals surface area contributed by atoms with E-state index in [0.717, 1.165) is 32.4 Å². The van der Waals surface area contributed by atoms with Crippen molar-refractivity contribution in [1.29, 1.82) is 0 Å². The summed E-state index contributed by atoms with van der Waals surface area (Å²) >= 11 is 5.85. The maximum Gasteiger partial charge on any atom is 0.146 e. The molecule has 4 heteroatoms. The Balaban J connectivity index is 2.04. The molecule has 88 valence electrons. The Morgan fingerprint density at radius 3 is 3.06 bits per heavy atom. The highest BCUT2D eigenvalue weighted by Crippen LogP contribution is 2.22. The van der Waals surface area contributed by atoms with E-state index in [1.807, 2.05) is 0 Å². The zero-order valence-electron chi connectivity index (χ0n) is 9.10. The van der Waals surface area contributed by atoms with E-state index in [-0.39, 0.29) is 5.82 Å². The zero-order chi connectivity index (χ0) is 11.4. The molecule has 0 aromatic heterocycles. The molecule has 16 heavy (non-hydrogen) atoms. The Kier molecular flexibility index (Phi) is 4.02. The smallest absolute Gasteiger partial charge is 0.146 e. The molecule has 1 saturated heterocycles. The van der Waals surface area contributed by atoms with Gasteiger partial charge < -0.3 is 10.6 Å². The van der Waals surface area contributed by atoms with Crippen molar-refractivity contribution in [1.82, 2.24) is 5.32 Å². The third-order valence-electron chi connectivity index (χ3n) is 2.86. The van der Waals surface area contributed by atoms with Crippen LogP contribution < -0.4 is 10.6 Å². The standard InChI is InChI=1S/C12H16ClFN2/c13-9-3-4-11(14)12(8-9)16-10-2-1-6-15-7-5-10/h3-4,8,10,15-16H,1-2,5-7H2. The van der Waals surface area contributed by atoms with Crippen molar-refractivity contribution < 1.29 is 4.39 Å². The highest BCUT2D eigenvalue weighted by atomic mass is 35.5. The van der Waals surface area contributed by atoms with Gasteiger partial charge in [0.15, 0.2) is 0 Å². The monoisotopic (exact) mass is 242 g/mol. The van der Waals surface area contributed by atoms with Crippen LogP contribution in [0.5, 0.6) is 0 Å². The van der Waals surface area contributed by atoms with Gasteiger partial charge in [0.1, 0.15) is 5.82 Å². The van der Waals surface area contributed by atoms with Crippen molar-refractivity contribution >= 4 is 17.3 Å². The molecule has 2 rings (SSSR count). The zero-order valence-corrected chi connectivity index (χ0v) is 9.86. The number of hydrogen-bond acceptors (Lipinski definition) is 2. The minimum Gasteiger partial charge on any atom is -0.380 e. The molecule has 0 aliphatic carbocycles. The first kappa shape index (κ1) is 11.7. The number of hydrogen-bond donors (Lipinski definition) is 2. The Hall–Kier alpha value is -0.800. The van der Waals surface area contributed by atoms with Crippen molar-refractivity contribution in [2.75, 3.05) is 18.4 Å². The molecule has 1 fully saturated rings. The third kappa shape index (κ3) is 3.09. The van der Waals surface area contributed by atoms with Gasteiger partial charge in [-0.2, -0.15) is 0 Å². The SMILES string of the molecule is Fc1ccc(Cl)cc1NC1CCCNCC1. The molecule has 0 spiro atoms. The molecule has 0 saturated carbocycles. The molecule has 1 unspecified atom stereocenters. The van der Waals surface area contributed by atoms with Crippen LogP contribution in [-0.2, 0) is 0 Å². The van der Waals surface area contributed by atoms with Gasteiger partial charge in [0.05, 0.1) is 5.69 Å². The summed E-state index contributed by atoms with van der Waals surface area (Å²) in [6, 6.07) is 4.95. The predicted molar refractivity (Wildman–Crippen MR) is 65.5 cm³/mol. The first-order valence-electron chi connectivity index (χ1n) is 5.68. The highest BCUT2D eigenvalue weighted by Gasteiger charge is 2.13. The van der Waals surface area contributed by atoms with Crippen LogP contribution in [0.15, 0.2) is 18.2 Å². The predicted octanol–water partition coefficient (Wildman–Crippen LogP) is 3.03. The summed E-state index contributed by atoms with van der Waals surface area (Å²) < 4.78 is 13.5. The van der Waals surface area contributed by atoms with Crippen molar-refractivity contribution in [2.24, 2.45) is 0 Å². The van der Waals surface area contributed by atoms with Gasteiger partial charge in [0.2, 0.25) is 0 Å². The summed E-state index contributed by atoms with van der Waals surface area (Å²) in [5.74, 6) is -0.235. The minimum atomic E-state index is -0.235. The quantitative estimate of drug-likeness (QED) is 0.833. The van der Waals surface area contributed by atoms with Gasteiger partial charge in [0.25, 0.3) is 0 Å². The van der Waals surface area contributed by atoms with E-state index in [1.54, 1.807) is 12.1 Å². The van der Waals surface area contributed by atoms with E-state index in [1.165, 1.54) is 6.07 Å². The molecule has 1 atom stereocenters. The normalized spacial score (nSPS) is 21.5. The summed E-state index contributed by atoms with van der Waals surface area (Å²) in [5, 5.41) is 7.13. The molecular weight excluding hydrogens is 227 g/mol. The van der Waals surface area contributed by atoms with Crippen LogP contribution in [0.2, 0.25) is 5.02 Å². The van der Waals surface area contributed by atoms with E-state index in [9.17, 15) is 4.39 Å². The fraction of sp³-hybridized carbons (Fsp3) is 0.500. The highest BCUT2D eigenvalue weighted by molar-refractivity contribution is 6.30. The molecule has 1 aromatic rings. The summed E-state index contributed by atoms with van der Waals surface area (Å²) in [4.78, 5) is 0. The van der Waals surface area contributed by atoms with Crippen molar-refractivity contribution in [2.45, 2.75) is 25.3 Å². The summed E-state index contributed by atoms with van der Waals surface area (Å²) in [5.41, 5.74) is 0.513. The van der Waals surface area contributed by atoms with Crippen LogP contribution in [-0.4, -0.2) is 19.1 Å². The molecule has 1 aliphatic rings. The van der Waals surface area contributed by atoms with Gasteiger partial charge in [-0.1, -0.05) is 11.6 Å². The second-order valence-electron chi connectivity index (χ2n) is 4.15. The van der Waals surface area contributed by atoms with Gasteiger partial charge in [-0.15, -0.1) is 0 Å². The maximum absolute atomic E-state index is 13.5. The average molecular weight is 243 g/mol. The molecule has 2 N–H and O–H groups in total. The fourth-order valence-corrected chi connectivity index (χ4v) is 2.16.